The molecule has 0 saturated carbocycles. The monoisotopic (exact) mass is 425 g/mol. The van der Waals surface area contributed by atoms with Crippen molar-refractivity contribution in [3.63, 3.8) is 0 Å². The third-order valence-electron chi connectivity index (χ3n) is 3.70. The van der Waals surface area contributed by atoms with Crippen molar-refractivity contribution >= 4 is 31.9 Å². The van der Waals surface area contributed by atoms with Gasteiger partial charge in [-0.2, -0.15) is 4.31 Å². The lowest BCUT2D eigenvalue weighted by Gasteiger charge is -2.18. The summed E-state index contributed by atoms with van der Waals surface area (Å²) in [5, 5.41) is 0. The molecular weight excluding hydrogens is 406 g/mol. The number of halogens is 1. The lowest BCUT2D eigenvalue weighted by atomic mass is 10.2. The highest BCUT2D eigenvalue weighted by Crippen LogP contribution is 2.18. The molecule has 0 bridgehead atoms. The standard InChI is InChI=1S/C18H20BrNO4S/c1-3-20(4-2)25(22,23)17-7-5-6-15(12-17)18(21)24-13-14-8-10-16(19)11-9-14/h5-12H,3-4,13H2,1-2H3. The predicted octanol–water partition coefficient (Wildman–Crippen LogP) is 3.84. The van der Waals surface area contributed by atoms with Gasteiger partial charge in [0, 0.05) is 17.6 Å². The Morgan fingerprint density at radius 1 is 1.08 bits per heavy atom. The first kappa shape index (κ1) is 19.6. The first-order chi connectivity index (χ1) is 11.9. The SMILES string of the molecule is CCN(CC)S(=O)(=O)c1cccc(C(=O)OCc2ccc(Br)cc2)c1. The first-order valence-electron chi connectivity index (χ1n) is 7.90. The van der Waals surface area contributed by atoms with Gasteiger partial charge < -0.3 is 4.74 Å². The molecule has 0 heterocycles. The number of carbonyl (C=O) groups is 1. The van der Waals surface area contributed by atoms with Crippen LogP contribution in [0.1, 0.15) is 29.8 Å². The zero-order valence-corrected chi connectivity index (χ0v) is 16.5. The molecule has 2 aromatic carbocycles. The molecule has 0 N–H and O–H groups in total. The van der Waals surface area contributed by atoms with Gasteiger partial charge in [-0.15, -0.1) is 0 Å². The van der Waals surface area contributed by atoms with Crippen molar-refractivity contribution in [2.24, 2.45) is 0 Å². The number of ether oxygens (including phenoxy) is 1. The minimum Gasteiger partial charge on any atom is -0.457 e. The molecule has 0 unspecified atom stereocenters. The second-order valence-electron chi connectivity index (χ2n) is 5.32. The van der Waals surface area contributed by atoms with Gasteiger partial charge in [0.1, 0.15) is 6.61 Å². The van der Waals surface area contributed by atoms with Crippen LogP contribution >= 0.6 is 15.9 Å². The Morgan fingerprint density at radius 2 is 1.72 bits per heavy atom. The van der Waals surface area contributed by atoms with E-state index in [1.807, 2.05) is 24.3 Å². The minimum absolute atomic E-state index is 0.0919. The Bertz CT molecular complexity index is 830. The van der Waals surface area contributed by atoms with Gasteiger partial charge in [0.25, 0.3) is 0 Å². The van der Waals surface area contributed by atoms with E-state index >= 15 is 0 Å². The Morgan fingerprint density at radius 3 is 2.32 bits per heavy atom. The molecule has 0 aliphatic carbocycles. The van der Waals surface area contributed by atoms with E-state index < -0.39 is 16.0 Å². The molecule has 7 heteroatoms. The van der Waals surface area contributed by atoms with Gasteiger partial charge in [0.15, 0.2) is 0 Å². The highest BCUT2D eigenvalue weighted by Gasteiger charge is 2.22. The summed E-state index contributed by atoms with van der Waals surface area (Å²) in [6.45, 7) is 4.42. The average Bonchev–Trinajstić information content (AvgIpc) is 2.62. The maximum Gasteiger partial charge on any atom is 0.338 e. The highest BCUT2D eigenvalue weighted by atomic mass is 79.9. The predicted molar refractivity (Wildman–Crippen MR) is 99.8 cm³/mol. The van der Waals surface area contributed by atoms with Crippen molar-refractivity contribution in [3.05, 3.63) is 64.1 Å². The van der Waals surface area contributed by atoms with E-state index in [9.17, 15) is 13.2 Å². The highest BCUT2D eigenvalue weighted by molar-refractivity contribution is 9.10. The molecule has 2 rings (SSSR count). The summed E-state index contributed by atoms with van der Waals surface area (Å²) < 4.78 is 32.7. The first-order valence-corrected chi connectivity index (χ1v) is 10.1. The number of carbonyl (C=O) groups excluding carboxylic acids is 1. The fourth-order valence-electron chi connectivity index (χ4n) is 2.31. The molecule has 2 aromatic rings. The number of sulfonamides is 1. The van der Waals surface area contributed by atoms with Crippen LogP contribution in [0.25, 0.3) is 0 Å². The van der Waals surface area contributed by atoms with Gasteiger partial charge >= 0.3 is 5.97 Å². The quantitative estimate of drug-likeness (QED) is 0.632. The fraction of sp³-hybridized carbons (Fsp3) is 0.278. The molecule has 0 saturated heterocycles. The lowest BCUT2D eigenvalue weighted by molar-refractivity contribution is 0.0472. The third-order valence-corrected chi connectivity index (χ3v) is 6.27. The zero-order valence-electron chi connectivity index (χ0n) is 14.1. The van der Waals surface area contributed by atoms with Crippen LogP contribution in [0.2, 0.25) is 0 Å². The van der Waals surface area contributed by atoms with Crippen LogP contribution in [0.4, 0.5) is 0 Å². The largest absolute Gasteiger partial charge is 0.457 e. The Balaban J connectivity index is 2.14. The van der Waals surface area contributed by atoms with Crippen LogP contribution in [0.3, 0.4) is 0 Å². The number of nitrogens with zero attached hydrogens (tertiary/aromatic N) is 1. The summed E-state index contributed by atoms with van der Waals surface area (Å²) in [6, 6.07) is 13.4. The summed E-state index contributed by atoms with van der Waals surface area (Å²) >= 11 is 3.34. The minimum atomic E-state index is -3.61. The van der Waals surface area contributed by atoms with E-state index in [0.717, 1.165) is 10.0 Å². The molecule has 0 aliphatic heterocycles. The van der Waals surface area contributed by atoms with E-state index in [-0.39, 0.29) is 17.1 Å². The Labute approximate surface area is 156 Å². The van der Waals surface area contributed by atoms with Crippen molar-refractivity contribution in [2.75, 3.05) is 13.1 Å². The molecule has 0 aliphatic rings. The van der Waals surface area contributed by atoms with Crippen molar-refractivity contribution in [2.45, 2.75) is 25.3 Å². The molecule has 0 fully saturated rings. The zero-order chi connectivity index (χ0) is 18.4. The summed E-state index contributed by atoms with van der Waals surface area (Å²) in [4.78, 5) is 12.3. The summed E-state index contributed by atoms with van der Waals surface area (Å²) in [5.74, 6) is -0.556. The molecule has 5 nitrogen and oxygen atoms in total. The molecular formula is C18H20BrNO4S. The van der Waals surface area contributed by atoms with Crippen LogP contribution in [-0.4, -0.2) is 31.8 Å². The lowest BCUT2D eigenvalue weighted by Crippen LogP contribution is -2.30. The van der Waals surface area contributed by atoms with Crippen LogP contribution < -0.4 is 0 Å². The number of hydrogen-bond donors (Lipinski definition) is 0. The second kappa shape index (κ2) is 8.60. The maximum atomic E-state index is 12.5. The molecule has 134 valence electrons. The summed E-state index contributed by atoms with van der Waals surface area (Å²) in [6.07, 6.45) is 0. The van der Waals surface area contributed by atoms with Crippen molar-refractivity contribution < 1.29 is 17.9 Å². The van der Waals surface area contributed by atoms with Crippen molar-refractivity contribution in [3.8, 4) is 0 Å². The normalized spacial score (nSPS) is 11.5. The number of benzene rings is 2. The Hall–Kier alpha value is -1.70. The van der Waals surface area contributed by atoms with E-state index in [1.54, 1.807) is 26.0 Å². The fourth-order valence-corrected chi connectivity index (χ4v) is 4.08. The van der Waals surface area contributed by atoms with Crippen LogP contribution in [-0.2, 0) is 21.4 Å². The number of rotatable bonds is 7. The van der Waals surface area contributed by atoms with E-state index in [4.69, 9.17) is 4.74 Å². The third kappa shape index (κ3) is 4.90. The maximum absolute atomic E-state index is 12.5. The molecule has 0 spiro atoms. The van der Waals surface area contributed by atoms with Crippen molar-refractivity contribution in [1.82, 2.24) is 4.31 Å². The van der Waals surface area contributed by atoms with Gasteiger partial charge in [-0.1, -0.05) is 48.0 Å². The summed E-state index contributed by atoms with van der Waals surface area (Å²) in [7, 11) is -3.61. The van der Waals surface area contributed by atoms with Gasteiger partial charge in [0.05, 0.1) is 10.5 Å². The van der Waals surface area contributed by atoms with Gasteiger partial charge in [-0.3, -0.25) is 0 Å². The van der Waals surface area contributed by atoms with Crippen LogP contribution in [0.15, 0.2) is 57.9 Å². The van der Waals surface area contributed by atoms with Gasteiger partial charge in [0.2, 0.25) is 10.0 Å². The van der Waals surface area contributed by atoms with Gasteiger partial charge in [-0.05, 0) is 35.9 Å². The average molecular weight is 426 g/mol. The van der Waals surface area contributed by atoms with Crippen LogP contribution in [0, 0.1) is 0 Å². The van der Waals surface area contributed by atoms with E-state index in [0.29, 0.717) is 13.1 Å². The molecule has 0 radical (unpaired) electrons. The summed E-state index contributed by atoms with van der Waals surface area (Å²) in [5.41, 5.74) is 1.06. The topological polar surface area (TPSA) is 63.7 Å². The molecule has 0 amide bonds. The number of hydrogen-bond acceptors (Lipinski definition) is 4. The van der Waals surface area contributed by atoms with E-state index in [1.165, 1.54) is 16.4 Å². The van der Waals surface area contributed by atoms with Crippen LogP contribution in [0.5, 0.6) is 0 Å². The van der Waals surface area contributed by atoms with E-state index in [2.05, 4.69) is 15.9 Å². The van der Waals surface area contributed by atoms with Crippen molar-refractivity contribution in [1.29, 1.82) is 0 Å². The molecule has 0 aromatic heterocycles. The Kier molecular flexibility index (Phi) is 6.75. The smallest absolute Gasteiger partial charge is 0.338 e. The van der Waals surface area contributed by atoms with Gasteiger partial charge in [-0.25, -0.2) is 13.2 Å². The molecule has 25 heavy (non-hydrogen) atoms. The second-order valence-corrected chi connectivity index (χ2v) is 8.17. The number of esters is 1. The molecule has 0 atom stereocenters.